The van der Waals surface area contributed by atoms with Gasteiger partial charge in [0.05, 0.1) is 4.90 Å². The van der Waals surface area contributed by atoms with Crippen LogP contribution in [0.4, 0.5) is 0 Å². The van der Waals surface area contributed by atoms with E-state index in [-0.39, 0.29) is 11.5 Å². The van der Waals surface area contributed by atoms with E-state index in [2.05, 4.69) is 32.8 Å². The van der Waals surface area contributed by atoms with Crippen molar-refractivity contribution >= 4 is 26.0 Å². The van der Waals surface area contributed by atoms with Crippen LogP contribution in [0.5, 0.6) is 0 Å². The predicted molar refractivity (Wildman–Crippen MR) is 101 cm³/mol. The highest BCUT2D eigenvalue weighted by Gasteiger charge is 2.30. The molecule has 1 aliphatic rings. The van der Waals surface area contributed by atoms with Gasteiger partial charge in [-0.05, 0) is 53.1 Å². The first-order valence-electron chi connectivity index (χ1n) is 8.06. The molecule has 0 amide bonds. The molecule has 0 fully saturated rings. The summed E-state index contributed by atoms with van der Waals surface area (Å²) >= 11 is 3.48. The van der Waals surface area contributed by atoms with Gasteiger partial charge in [0.2, 0.25) is 10.0 Å². The minimum atomic E-state index is -3.55. The number of sulfonamides is 1. The molecule has 0 bridgehead atoms. The minimum Gasteiger partial charge on any atom is -0.207 e. The van der Waals surface area contributed by atoms with Crippen LogP contribution in [0.2, 0.25) is 0 Å². The van der Waals surface area contributed by atoms with E-state index in [1.165, 1.54) is 11.1 Å². The zero-order valence-corrected chi connectivity index (χ0v) is 16.5. The third kappa shape index (κ3) is 3.58. The molecule has 0 spiro atoms. The number of hydrogen-bond acceptors (Lipinski definition) is 2. The van der Waals surface area contributed by atoms with E-state index in [0.29, 0.717) is 4.90 Å². The summed E-state index contributed by atoms with van der Waals surface area (Å²) in [5.41, 5.74) is 3.04. The van der Waals surface area contributed by atoms with E-state index >= 15 is 0 Å². The zero-order chi connectivity index (χ0) is 17.5. The van der Waals surface area contributed by atoms with E-state index in [4.69, 9.17) is 0 Å². The standard InChI is InChI=1S/C19H22BrNO2S/c1-19(2,3)17-6-4-5-7-18(17)24(22,23)21-16-11-13-8-9-15(20)10-14(13)12-16/h4-10,16,21H,11-12H2,1-3H3. The van der Waals surface area contributed by atoms with Gasteiger partial charge in [0.1, 0.15) is 0 Å². The van der Waals surface area contributed by atoms with Crippen molar-refractivity contribution in [2.45, 2.75) is 50.0 Å². The molecule has 2 aromatic carbocycles. The number of nitrogens with one attached hydrogen (secondary N) is 1. The Bertz CT molecular complexity index is 869. The second-order valence-electron chi connectivity index (χ2n) is 7.39. The van der Waals surface area contributed by atoms with Gasteiger partial charge in [-0.15, -0.1) is 0 Å². The fourth-order valence-electron chi connectivity index (χ4n) is 3.27. The summed E-state index contributed by atoms with van der Waals surface area (Å²) in [6.45, 7) is 6.10. The van der Waals surface area contributed by atoms with Crippen LogP contribution < -0.4 is 4.72 Å². The van der Waals surface area contributed by atoms with Crippen molar-refractivity contribution in [2.24, 2.45) is 0 Å². The lowest BCUT2D eigenvalue weighted by Gasteiger charge is -2.23. The Morgan fingerprint density at radius 1 is 1.04 bits per heavy atom. The maximum atomic E-state index is 13.0. The smallest absolute Gasteiger partial charge is 0.207 e. The van der Waals surface area contributed by atoms with Crippen molar-refractivity contribution < 1.29 is 8.42 Å². The third-order valence-corrected chi connectivity index (χ3v) is 6.48. The number of halogens is 1. The Hall–Kier alpha value is -1.17. The van der Waals surface area contributed by atoms with Crippen molar-refractivity contribution in [3.05, 3.63) is 63.6 Å². The van der Waals surface area contributed by atoms with E-state index in [1.807, 2.05) is 39.0 Å². The van der Waals surface area contributed by atoms with Gasteiger partial charge in [0.25, 0.3) is 0 Å². The Labute approximate surface area is 152 Å². The third-order valence-electron chi connectivity index (χ3n) is 4.41. The maximum absolute atomic E-state index is 13.0. The molecule has 2 aromatic rings. The zero-order valence-electron chi connectivity index (χ0n) is 14.1. The first-order chi connectivity index (χ1) is 11.2. The van der Waals surface area contributed by atoms with Crippen LogP contribution in [-0.4, -0.2) is 14.5 Å². The molecular weight excluding hydrogens is 386 g/mol. The van der Waals surface area contributed by atoms with Gasteiger partial charge in [-0.1, -0.05) is 61.0 Å². The van der Waals surface area contributed by atoms with Crippen LogP contribution in [0, 0.1) is 0 Å². The highest BCUT2D eigenvalue weighted by Crippen LogP contribution is 2.30. The molecule has 1 aliphatic carbocycles. The Morgan fingerprint density at radius 2 is 1.71 bits per heavy atom. The van der Waals surface area contributed by atoms with Crippen LogP contribution in [0.3, 0.4) is 0 Å². The van der Waals surface area contributed by atoms with Crippen molar-refractivity contribution in [2.75, 3.05) is 0 Å². The summed E-state index contributed by atoms with van der Waals surface area (Å²) < 4.78 is 29.8. The second-order valence-corrected chi connectivity index (χ2v) is 9.98. The normalized spacial score (nSPS) is 17.8. The van der Waals surface area contributed by atoms with Gasteiger partial charge in [0.15, 0.2) is 0 Å². The molecular formula is C19H22BrNO2S. The molecule has 0 aromatic heterocycles. The summed E-state index contributed by atoms with van der Waals surface area (Å²) in [4.78, 5) is 0.384. The fraction of sp³-hybridized carbons (Fsp3) is 0.368. The summed E-state index contributed by atoms with van der Waals surface area (Å²) in [6.07, 6.45) is 1.46. The predicted octanol–water partition coefficient (Wildman–Crippen LogP) is 4.19. The van der Waals surface area contributed by atoms with Gasteiger partial charge >= 0.3 is 0 Å². The monoisotopic (exact) mass is 407 g/mol. The SMILES string of the molecule is CC(C)(C)c1ccccc1S(=O)(=O)NC1Cc2ccc(Br)cc2C1. The number of fused-ring (bicyclic) bond motifs is 1. The second kappa shape index (κ2) is 6.28. The Kier molecular flexibility index (Phi) is 4.62. The number of rotatable bonds is 3. The molecule has 5 heteroatoms. The average molecular weight is 408 g/mol. The molecule has 0 saturated carbocycles. The van der Waals surface area contributed by atoms with Crippen molar-refractivity contribution in [3.8, 4) is 0 Å². The fourth-order valence-corrected chi connectivity index (χ4v) is 5.34. The van der Waals surface area contributed by atoms with Crippen molar-refractivity contribution in [3.63, 3.8) is 0 Å². The molecule has 1 atom stereocenters. The maximum Gasteiger partial charge on any atom is 0.241 e. The van der Waals surface area contributed by atoms with E-state index in [1.54, 1.807) is 12.1 Å². The quantitative estimate of drug-likeness (QED) is 0.828. The summed E-state index contributed by atoms with van der Waals surface area (Å²) in [7, 11) is -3.55. The first-order valence-corrected chi connectivity index (χ1v) is 10.3. The summed E-state index contributed by atoms with van der Waals surface area (Å²) in [6, 6.07) is 13.3. The van der Waals surface area contributed by atoms with Crippen LogP contribution in [0.1, 0.15) is 37.5 Å². The van der Waals surface area contributed by atoms with Crippen LogP contribution in [-0.2, 0) is 28.3 Å². The largest absolute Gasteiger partial charge is 0.241 e. The first kappa shape index (κ1) is 17.6. The van der Waals surface area contributed by atoms with Crippen LogP contribution in [0.25, 0.3) is 0 Å². The molecule has 3 nitrogen and oxygen atoms in total. The topological polar surface area (TPSA) is 46.2 Å². The molecule has 128 valence electrons. The molecule has 24 heavy (non-hydrogen) atoms. The van der Waals surface area contributed by atoms with Crippen molar-refractivity contribution in [1.29, 1.82) is 0 Å². The molecule has 3 rings (SSSR count). The Balaban J connectivity index is 1.87. The van der Waals surface area contributed by atoms with Gasteiger partial charge in [-0.3, -0.25) is 0 Å². The number of benzene rings is 2. The minimum absolute atomic E-state index is 0.0904. The molecule has 0 aliphatic heterocycles. The Morgan fingerprint density at radius 3 is 2.42 bits per heavy atom. The average Bonchev–Trinajstić information content (AvgIpc) is 2.87. The number of hydrogen-bond donors (Lipinski definition) is 1. The molecule has 0 radical (unpaired) electrons. The lowest BCUT2D eigenvalue weighted by Crippen LogP contribution is -2.36. The van der Waals surface area contributed by atoms with Gasteiger partial charge in [0, 0.05) is 10.5 Å². The van der Waals surface area contributed by atoms with Crippen LogP contribution in [0.15, 0.2) is 51.8 Å². The highest BCUT2D eigenvalue weighted by atomic mass is 79.9. The van der Waals surface area contributed by atoms with Gasteiger partial charge in [-0.25, -0.2) is 13.1 Å². The van der Waals surface area contributed by atoms with E-state index < -0.39 is 10.0 Å². The molecule has 0 saturated heterocycles. The molecule has 1 N–H and O–H groups in total. The molecule has 1 unspecified atom stereocenters. The lowest BCUT2D eigenvalue weighted by atomic mass is 9.87. The van der Waals surface area contributed by atoms with Gasteiger partial charge < -0.3 is 0 Å². The lowest BCUT2D eigenvalue weighted by molar-refractivity contribution is 0.540. The van der Waals surface area contributed by atoms with Gasteiger partial charge in [-0.2, -0.15) is 0 Å². The summed E-state index contributed by atoms with van der Waals surface area (Å²) in [5.74, 6) is 0. The molecule has 0 heterocycles. The highest BCUT2D eigenvalue weighted by molar-refractivity contribution is 9.10. The summed E-state index contributed by atoms with van der Waals surface area (Å²) in [5, 5.41) is 0. The van der Waals surface area contributed by atoms with E-state index in [0.717, 1.165) is 22.9 Å². The van der Waals surface area contributed by atoms with Crippen LogP contribution >= 0.6 is 15.9 Å². The van der Waals surface area contributed by atoms with Crippen molar-refractivity contribution in [1.82, 2.24) is 4.72 Å². The van der Waals surface area contributed by atoms with E-state index in [9.17, 15) is 8.42 Å².